The van der Waals surface area contributed by atoms with Gasteiger partial charge < -0.3 is 11.1 Å². The van der Waals surface area contributed by atoms with E-state index in [1.165, 1.54) is 6.07 Å². The Morgan fingerprint density at radius 2 is 1.84 bits per heavy atom. The van der Waals surface area contributed by atoms with E-state index in [0.717, 1.165) is 6.26 Å². The number of amides is 1. The van der Waals surface area contributed by atoms with Gasteiger partial charge in [0.25, 0.3) is 0 Å². The van der Waals surface area contributed by atoms with Crippen LogP contribution in [0.5, 0.6) is 0 Å². The Morgan fingerprint density at radius 1 is 1.26 bits per heavy atom. The molecule has 0 aromatic heterocycles. The minimum atomic E-state index is -3.34. The van der Waals surface area contributed by atoms with Crippen LogP contribution in [0.1, 0.15) is 13.8 Å². The molecule has 0 radical (unpaired) electrons. The van der Waals surface area contributed by atoms with Crippen LogP contribution in [0.15, 0.2) is 24.3 Å². The fourth-order valence-electron chi connectivity index (χ4n) is 1.40. The summed E-state index contributed by atoms with van der Waals surface area (Å²) in [5.41, 5.74) is 6.61. The summed E-state index contributed by atoms with van der Waals surface area (Å²) in [7, 11) is -3.34. The lowest BCUT2D eigenvalue weighted by Gasteiger charge is -2.15. The van der Waals surface area contributed by atoms with Crippen LogP contribution >= 0.6 is 0 Å². The average molecular weight is 285 g/mol. The SMILES string of the molecule is CC(C)[C@H](N)C(=O)Nc1cccc(NS(C)(=O)=O)c1. The highest BCUT2D eigenvalue weighted by atomic mass is 32.2. The Labute approximate surface area is 113 Å². The van der Waals surface area contributed by atoms with Gasteiger partial charge in [-0.15, -0.1) is 0 Å². The van der Waals surface area contributed by atoms with Crippen molar-refractivity contribution >= 4 is 27.3 Å². The van der Waals surface area contributed by atoms with Gasteiger partial charge in [0.1, 0.15) is 0 Å². The molecular formula is C12H19N3O3S. The first-order valence-corrected chi connectivity index (χ1v) is 7.72. The van der Waals surface area contributed by atoms with E-state index >= 15 is 0 Å². The maximum absolute atomic E-state index is 11.8. The first-order valence-electron chi connectivity index (χ1n) is 5.83. The third-order valence-electron chi connectivity index (χ3n) is 2.45. The molecule has 0 saturated heterocycles. The van der Waals surface area contributed by atoms with Gasteiger partial charge >= 0.3 is 0 Å². The van der Waals surface area contributed by atoms with Gasteiger partial charge in [0.15, 0.2) is 0 Å². The van der Waals surface area contributed by atoms with Crippen molar-refractivity contribution in [2.45, 2.75) is 19.9 Å². The summed E-state index contributed by atoms with van der Waals surface area (Å²) in [4.78, 5) is 11.8. The molecule has 0 heterocycles. The lowest BCUT2D eigenvalue weighted by atomic mass is 10.0. The second-order valence-corrected chi connectivity index (χ2v) is 6.46. The molecule has 4 N–H and O–H groups in total. The van der Waals surface area contributed by atoms with Crippen molar-refractivity contribution < 1.29 is 13.2 Å². The number of nitrogens with one attached hydrogen (secondary N) is 2. The van der Waals surface area contributed by atoms with Crippen molar-refractivity contribution in [2.75, 3.05) is 16.3 Å². The lowest BCUT2D eigenvalue weighted by molar-refractivity contribution is -0.118. The van der Waals surface area contributed by atoms with E-state index in [-0.39, 0.29) is 11.8 Å². The molecule has 106 valence electrons. The summed E-state index contributed by atoms with van der Waals surface area (Å²) in [6.45, 7) is 3.71. The number of hydrogen-bond donors (Lipinski definition) is 3. The highest BCUT2D eigenvalue weighted by molar-refractivity contribution is 7.92. The van der Waals surface area contributed by atoms with Gasteiger partial charge in [0, 0.05) is 5.69 Å². The highest BCUT2D eigenvalue weighted by Crippen LogP contribution is 2.16. The molecule has 1 aromatic rings. The van der Waals surface area contributed by atoms with E-state index in [0.29, 0.717) is 11.4 Å². The summed E-state index contributed by atoms with van der Waals surface area (Å²) in [5, 5.41) is 2.65. The van der Waals surface area contributed by atoms with Crippen LogP contribution in [0, 0.1) is 5.92 Å². The van der Waals surface area contributed by atoms with Gasteiger partial charge in [-0.1, -0.05) is 19.9 Å². The van der Waals surface area contributed by atoms with E-state index in [2.05, 4.69) is 10.0 Å². The summed E-state index contributed by atoms with van der Waals surface area (Å²) < 4.78 is 24.6. The van der Waals surface area contributed by atoms with Crippen molar-refractivity contribution in [3.05, 3.63) is 24.3 Å². The molecule has 1 aromatic carbocycles. The zero-order chi connectivity index (χ0) is 14.6. The van der Waals surface area contributed by atoms with Crippen LogP contribution in [0.4, 0.5) is 11.4 Å². The first-order chi connectivity index (χ1) is 8.69. The van der Waals surface area contributed by atoms with E-state index in [4.69, 9.17) is 5.73 Å². The molecule has 0 unspecified atom stereocenters. The quantitative estimate of drug-likeness (QED) is 0.750. The molecule has 6 nitrogen and oxygen atoms in total. The zero-order valence-electron chi connectivity index (χ0n) is 11.2. The van der Waals surface area contributed by atoms with Gasteiger partial charge in [0.05, 0.1) is 18.0 Å². The van der Waals surface area contributed by atoms with Gasteiger partial charge in [-0.2, -0.15) is 0 Å². The molecule has 19 heavy (non-hydrogen) atoms. The standard InChI is InChI=1S/C12H19N3O3S/c1-8(2)11(13)12(16)14-9-5-4-6-10(7-9)15-19(3,17)18/h4-8,11,15H,13H2,1-3H3,(H,14,16)/t11-/m0/s1. The molecule has 0 aliphatic rings. The predicted octanol–water partition coefficient (Wildman–Crippen LogP) is 0.980. The Kier molecular flexibility index (Phi) is 4.90. The number of nitrogens with two attached hydrogens (primary N) is 1. The molecule has 1 atom stereocenters. The summed E-state index contributed by atoms with van der Waals surface area (Å²) >= 11 is 0. The predicted molar refractivity (Wildman–Crippen MR) is 76.4 cm³/mol. The van der Waals surface area contributed by atoms with Crippen LogP contribution in [0.2, 0.25) is 0 Å². The Balaban J connectivity index is 2.80. The second kappa shape index (κ2) is 6.03. The second-order valence-electron chi connectivity index (χ2n) is 4.71. The Bertz CT molecular complexity index is 555. The maximum atomic E-state index is 11.8. The lowest BCUT2D eigenvalue weighted by Crippen LogP contribution is -2.39. The van der Waals surface area contributed by atoms with E-state index in [1.54, 1.807) is 18.2 Å². The third-order valence-corrected chi connectivity index (χ3v) is 3.06. The Morgan fingerprint density at radius 3 is 2.37 bits per heavy atom. The number of rotatable bonds is 5. The number of hydrogen-bond acceptors (Lipinski definition) is 4. The topological polar surface area (TPSA) is 101 Å². The van der Waals surface area contributed by atoms with Crippen LogP contribution in [0.25, 0.3) is 0 Å². The van der Waals surface area contributed by atoms with Crippen LogP contribution in [-0.4, -0.2) is 26.6 Å². The number of anilines is 2. The Hall–Kier alpha value is -1.60. The number of carbonyl (C=O) groups is 1. The van der Waals surface area contributed by atoms with Crippen molar-refractivity contribution in [3.8, 4) is 0 Å². The summed E-state index contributed by atoms with van der Waals surface area (Å²) in [6, 6.07) is 5.83. The zero-order valence-corrected chi connectivity index (χ0v) is 12.0. The van der Waals surface area contributed by atoms with Crippen molar-refractivity contribution in [1.82, 2.24) is 0 Å². The number of carbonyl (C=O) groups excluding carboxylic acids is 1. The largest absolute Gasteiger partial charge is 0.325 e. The molecule has 0 aliphatic heterocycles. The van der Waals surface area contributed by atoms with Crippen molar-refractivity contribution in [1.29, 1.82) is 0 Å². The molecule has 0 spiro atoms. The van der Waals surface area contributed by atoms with Gasteiger partial charge in [-0.3, -0.25) is 9.52 Å². The minimum Gasteiger partial charge on any atom is -0.325 e. The summed E-state index contributed by atoms with van der Waals surface area (Å²) in [6.07, 6.45) is 1.06. The highest BCUT2D eigenvalue weighted by Gasteiger charge is 2.17. The first kappa shape index (κ1) is 15.5. The molecule has 0 bridgehead atoms. The van der Waals surface area contributed by atoms with Crippen LogP contribution < -0.4 is 15.8 Å². The molecular weight excluding hydrogens is 266 g/mol. The monoisotopic (exact) mass is 285 g/mol. The smallest absolute Gasteiger partial charge is 0.241 e. The fraction of sp³-hybridized carbons (Fsp3) is 0.417. The van der Waals surface area contributed by atoms with E-state index < -0.39 is 16.1 Å². The molecule has 0 fully saturated rings. The molecule has 0 saturated carbocycles. The van der Waals surface area contributed by atoms with Crippen molar-refractivity contribution in [2.24, 2.45) is 11.7 Å². The van der Waals surface area contributed by atoms with Gasteiger partial charge in [-0.05, 0) is 24.1 Å². The fourth-order valence-corrected chi connectivity index (χ4v) is 1.96. The molecule has 1 amide bonds. The molecule has 7 heteroatoms. The molecule has 1 rings (SSSR count). The number of benzene rings is 1. The van der Waals surface area contributed by atoms with E-state index in [1.807, 2.05) is 13.8 Å². The number of sulfonamides is 1. The molecule has 0 aliphatic carbocycles. The van der Waals surface area contributed by atoms with Gasteiger partial charge in [-0.25, -0.2) is 8.42 Å². The normalized spacial score (nSPS) is 13.1. The van der Waals surface area contributed by atoms with Crippen LogP contribution in [0.3, 0.4) is 0 Å². The average Bonchev–Trinajstić information content (AvgIpc) is 2.25. The van der Waals surface area contributed by atoms with Gasteiger partial charge in [0.2, 0.25) is 15.9 Å². The maximum Gasteiger partial charge on any atom is 0.241 e. The third kappa shape index (κ3) is 5.27. The van der Waals surface area contributed by atoms with E-state index in [9.17, 15) is 13.2 Å². The van der Waals surface area contributed by atoms with Crippen LogP contribution in [-0.2, 0) is 14.8 Å². The minimum absolute atomic E-state index is 0.0253. The summed E-state index contributed by atoms with van der Waals surface area (Å²) in [5.74, 6) is -0.274. The van der Waals surface area contributed by atoms with Crippen molar-refractivity contribution in [3.63, 3.8) is 0 Å².